The predicted octanol–water partition coefficient (Wildman–Crippen LogP) is 2.53. The first-order valence-electron chi connectivity index (χ1n) is 4.70. The van der Waals surface area contributed by atoms with Gasteiger partial charge in [-0.3, -0.25) is 0 Å². The second kappa shape index (κ2) is 4.91. The predicted molar refractivity (Wildman–Crippen MR) is 57.8 cm³/mol. The van der Waals surface area contributed by atoms with E-state index < -0.39 is 0 Å². The summed E-state index contributed by atoms with van der Waals surface area (Å²) in [5.41, 5.74) is 2.21. The van der Waals surface area contributed by atoms with Crippen molar-refractivity contribution in [1.29, 1.82) is 0 Å². The molecule has 0 aliphatic carbocycles. The third-order valence-electron chi connectivity index (χ3n) is 2.30. The fourth-order valence-corrected chi connectivity index (χ4v) is 1.38. The van der Waals surface area contributed by atoms with Gasteiger partial charge in [0, 0.05) is 6.04 Å². The monoisotopic (exact) mass is 193 g/mol. The fraction of sp³-hybridized carbons (Fsp3) is 0.333. The average Bonchev–Trinajstić information content (AvgIpc) is 2.16. The van der Waals surface area contributed by atoms with Crippen molar-refractivity contribution in [3.8, 4) is 0 Å². The summed E-state index contributed by atoms with van der Waals surface area (Å²) in [5.74, 6) is -0.190. The summed E-state index contributed by atoms with van der Waals surface area (Å²) < 4.78 is 12.6. The summed E-state index contributed by atoms with van der Waals surface area (Å²) in [6.45, 7) is 5.89. The largest absolute Gasteiger partial charge is 0.313 e. The molecule has 1 atom stereocenters. The van der Waals surface area contributed by atoms with E-state index in [1.165, 1.54) is 12.1 Å². The van der Waals surface area contributed by atoms with Crippen molar-refractivity contribution in [2.45, 2.75) is 19.4 Å². The first-order valence-corrected chi connectivity index (χ1v) is 4.70. The second-order valence-corrected chi connectivity index (χ2v) is 3.52. The highest BCUT2D eigenvalue weighted by molar-refractivity contribution is 5.19. The molecule has 0 saturated heterocycles. The second-order valence-electron chi connectivity index (χ2n) is 3.52. The zero-order chi connectivity index (χ0) is 10.6. The van der Waals surface area contributed by atoms with Crippen LogP contribution in [0.2, 0.25) is 0 Å². The van der Waals surface area contributed by atoms with Crippen LogP contribution >= 0.6 is 0 Å². The number of hydrogen-bond acceptors (Lipinski definition) is 1. The van der Waals surface area contributed by atoms with Crippen molar-refractivity contribution in [3.63, 3.8) is 0 Å². The minimum Gasteiger partial charge on any atom is -0.313 e. The molecule has 1 N–H and O–H groups in total. The molecule has 0 aromatic heterocycles. The maximum atomic E-state index is 12.6. The Hall–Kier alpha value is -1.15. The van der Waals surface area contributed by atoms with Crippen molar-refractivity contribution in [2.75, 3.05) is 7.05 Å². The van der Waals surface area contributed by atoms with Gasteiger partial charge in [-0.1, -0.05) is 24.3 Å². The summed E-state index contributed by atoms with van der Waals surface area (Å²) >= 11 is 0. The van der Waals surface area contributed by atoms with Gasteiger partial charge < -0.3 is 5.32 Å². The van der Waals surface area contributed by atoms with Gasteiger partial charge >= 0.3 is 0 Å². The molecule has 1 aromatic rings. The molecule has 0 saturated carbocycles. The Bertz CT molecular complexity index is 303. The number of rotatable bonds is 4. The van der Waals surface area contributed by atoms with Gasteiger partial charge in [0.25, 0.3) is 0 Å². The first-order chi connectivity index (χ1) is 6.63. The van der Waals surface area contributed by atoms with Gasteiger partial charge in [0.1, 0.15) is 5.82 Å². The van der Waals surface area contributed by atoms with Crippen LogP contribution < -0.4 is 5.32 Å². The highest BCUT2D eigenvalue weighted by atomic mass is 19.1. The zero-order valence-corrected chi connectivity index (χ0v) is 8.68. The Labute approximate surface area is 84.6 Å². The summed E-state index contributed by atoms with van der Waals surface area (Å²) in [5, 5.41) is 3.17. The van der Waals surface area contributed by atoms with Crippen LogP contribution in [0.4, 0.5) is 4.39 Å². The minimum absolute atomic E-state index is 0.190. The molecule has 0 amide bonds. The third-order valence-corrected chi connectivity index (χ3v) is 2.30. The zero-order valence-electron chi connectivity index (χ0n) is 8.68. The van der Waals surface area contributed by atoms with Crippen LogP contribution in [0.3, 0.4) is 0 Å². The standard InChI is InChI=1S/C12H16FN/c1-9(2)12(14-3)8-10-4-6-11(13)7-5-10/h4-7,12,14H,1,8H2,2-3H3. The van der Waals surface area contributed by atoms with E-state index in [1.807, 2.05) is 26.1 Å². The van der Waals surface area contributed by atoms with Crippen LogP contribution in [0.15, 0.2) is 36.4 Å². The molecule has 1 rings (SSSR count). The highest BCUT2D eigenvalue weighted by Gasteiger charge is 2.07. The molecule has 0 bridgehead atoms. The molecule has 0 radical (unpaired) electrons. The Balaban J connectivity index is 2.67. The molecule has 1 aromatic carbocycles. The van der Waals surface area contributed by atoms with Gasteiger partial charge in [0.05, 0.1) is 0 Å². The molecule has 0 aliphatic rings. The molecular weight excluding hydrogens is 177 g/mol. The lowest BCUT2D eigenvalue weighted by molar-refractivity contribution is 0.618. The summed E-state index contributed by atoms with van der Waals surface area (Å²) in [6, 6.07) is 6.85. The number of halogens is 1. The molecule has 0 spiro atoms. The molecular formula is C12H16FN. The van der Waals surface area contributed by atoms with Gasteiger partial charge in [-0.15, -0.1) is 0 Å². The van der Waals surface area contributed by atoms with Crippen LogP contribution in [0.5, 0.6) is 0 Å². The van der Waals surface area contributed by atoms with Crippen molar-refractivity contribution in [1.82, 2.24) is 5.32 Å². The highest BCUT2D eigenvalue weighted by Crippen LogP contribution is 2.09. The molecule has 0 heterocycles. The van der Waals surface area contributed by atoms with Crippen molar-refractivity contribution >= 4 is 0 Å². The van der Waals surface area contributed by atoms with E-state index in [2.05, 4.69) is 11.9 Å². The third kappa shape index (κ3) is 2.96. The molecule has 2 heteroatoms. The molecule has 76 valence electrons. The van der Waals surface area contributed by atoms with Crippen molar-refractivity contribution in [3.05, 3.63) is 47.8 Å². The smallest absolute Gasteiger partial charge is 0.123 e. The van der Waals surface area contributed by atoms with E-state index in [0.717, 1.165) is 17.6 Å². The molecule has 1 nitrogen and oxygen atoms in total. The van der Waals surface area contributed by atoms with E-state index in [4.69, 9.17) is 0 Å². The van der Waals surface area contributed by atoms with Crippen LogP contribution in [0, 0.1) is 5.82 Å². The van der Waals surface area contributed by atoms with Crippen LogP contribution in [-0.2, 0) is 6.42 Å². The fourth-order valence-electron chi connectivity index (χ4n) is 1.38. The van der Waals surface area contributed by atoms with Crippen molar-refractivity contribution < 1.29 is 4.39 Å². The van der Waals surface area contributed by atoms with Crippen LogP contribution in [0.25, 0.3) is 0 Å². The van der Waals surface area contributed by atoms with Crippen molar-refractivity contribution in [2.24, 2.45) is 0 Å². The molecule has 14 heavy (non-hydrogen) atoms. The lowest BCUT2D eigenvalue weighted by atomic mass is 10.0. The summed E-state index contributed by atoms with van der Waals surface area (Å²) in [7, 11) is 1.91. The van der Waals surface area contributed by atoms with Crippen LogP contribution in [0.1, 0.15) is 12.5 Å². The van der Waals surface area contributed by atoms with Gasteiger partial charge in [0.2, 0.25) is 0 Å². The quantitative estimate of drug-likeness (QED) is 0.724. The van der Waals surface area contributed by atoms with Crippen LogP contribution in [-0.4, -0.2) is 13.1 Å². The number of nitrogens with one attached hydrogen (secondary N) is 1. The average molecular weight is 193 g/mol. The van der Waals surface area contributed by atoms with E-state index in [0.29, 0.717) is 0 Å². The Morgan fingerprint density at radius 2 is 2.00 bits per heavy atom. The normalized spacial score (nSPS) is 12.5. The molecule has 0 aliphatic heterocycles. The Morgan fingerprint density at radius 1 is 1.43 bits per heavy atom. The Morgan fingerprint density at radius 3 is 2.43 bits per heavy atom. The van der Waals surface area contributed by atoms with E-state index in [9.17, 15) is 4.39 Å². The first kappa shape index (κ1) is 10.9. The number of likely N-dealkylation sites (N-methyl/N-ethyl adjacent to an activating group) is 1. The van der Waals surface area contributed by atoms with E-state index in [-0.39, 0.29) is 11.9 Å². The number of hydrogen-bond donors (Lipinski definition) is 1. The maximum absolute atomic E-state index is 12.6. The Kier molecular flexibility index (Phi) is 3.84. The maximum Gasteiger partial charge on any atom is 0.123 e. The summed E-state index contributed by atoms with van der Waals surface area (Å²) in [4.78, 5) is 0. The van der Waals surface area contributed by atoms with Gasteiger partial charge in [-0.25, -0.2) is 4.39 Å². The molecule has 1 unspecified atom stereocenters. The van der Waals surface area contributed by atoms with Gasteiger partial charge in [-0.05, 0) is 38.1 Å². The van der Waals surface area contributed by atoms with Gasteiger partial charge in [-0.2, -0.15) is 0 Å². The van der Waals surface area contributed by atoms with E-state index >= 15 is 0 Å². The van der Waals surface area contributed by atoms with Gasteiger partial charge in [0.15, 0.2) is 0 Å². The minimum atomic E-state index is -0.190. The topological polar surface area (TPSA) is 12.0 Å². The lowest BCUT2D eigenvalue weighted by Crippen LogP contribution is -2.28. The summed E-state index contributed by atoms with van der Waals surface area (Å²) in [6.07, 6.45) is 0.853. The number of benzene rings is 1. The lowest BCUT2D eigenvalue weighted by Gasteiger charge is -2.15. The SMILES string of the molecule is C=C(C)C(Cc1ccc(F)cc1)NC. The van der Waals surface area contributed by atoms with E-state index in [1.54, 1.807) is 0 Å². The molecule has 0 fully saturated rings.